The van der Waals surface area contributed by atoms with Crippen LogP contribution in [0.4, 0.5) is 0 Å². The van der Waals surface area contributed by atoms with Gasteiger partial charge in [-0.3, -0.25) is 4.79 Å². The number of aryl methyl sites for hydroxylation is 3. The minimum atomic E-state index is -0.416. The van der Waals surface area contributed by atoms with Gasteiger partial charge in [0.05, 0.1) is 22.4 Å². The summed E-state index contributed by atoms with van der Waals surface area (Å²) in [5.41, 5.74) is 4.92. The van der Waals surface area contributed by atoms with Crippen molar-refractivity contribution in [2.45, 2.75) is 32.7 Å². The van der Waals surface area contributed by atoms with Crippen LogP contribution in [0.2, 0.25) is 5.02 Å². The first-order valence-corrected chi connectivity index (χ1v) is 10.7. The van der Waals surface area contributed by atoms with Gasteiger partial charge in [0.2, 0.25) is 0 Å². The summed E-state index contributed by atoms with van der Waals surface area (Å²) >= 11 is 6.05. The first-order chi connectivity index (χ1) is 15.0. The van der Waals surface area contributed by atoms with Crippen molar-refractivity contribution in [2.24, 2.45) is 7.05 Å². The average Bonchev–Trinajstić information content (AvgIpc) is 3.22. The van der Waals surface area contributed by atoms with Crippen molar-refractivity contribution in [3.05, 3.63) is 88.2 Å². The van der Waals surface area contributed by atoms with Gasteiger partial charge >= 0.3 is 0 Å². The molecular formula is C24H24ClN5O. The molecule has 1 atom stereocenters. The topological polar surface area (TPSA) is 72.7 Å². The first-order valence-electron chi connectivity index (χ1n) is 10.3. The third-order valence-corrected chi connectivity index (χ3v) is 5.60. The van der Waals surface area contributed by atoms with Gasteiger partial charge in [-0.05, 0) is 48.7 Å². The number of amides is 1. The highest BCUT2D eigenvalue weighted by Crippen LogP contribution is 2.23. The highest BCUT2D eigenvalue weighted by molar-refractivity contribution is 6.30. The van der Waals surface area contributed by atoms with Crippen LogP contribution in [0.5, 0.6) is 0 Å². The number of rotatable bonds is 6. The van der Waals surface area contributed by atoms with Crippen LogP contribution in [-0.4, -0.2) is 25.4 Å². The van der Waals surface area contributed by atoms with Crippen LogP contribution >= 0.6 is 11.6 Å². The molecule has 4 aromatic rings. The minimum Gasteiger partial charge on any atom is -0.338 e. The van der Waals surface area contributed by atoms with Crippen molar-refractivity contribution in [3.8, 4) is 0 Å². The van der Waals surface area contributed by atoms with Gasteiger partial charge < -0.3 is 9.88 Å². The Morgan fingerprint density at radius 1 is 1.03 bits per heavy atom. The van der Waals surface area contributed by atoms with Crippen LogP contribution in [0.3, 0.4) is 0 Å². The zero-order valence-corrected chi connectivity index (χ0v) is 18.5. The molecule has 0 bridgehead atoms. The van der Waals surface area contributed by atoms with Crippen molar-refractivity contribution in [3.63, 3.8) is 0 Å². The van der Waals surface area contributed by atoms with Crippen LogP contribution < -0.4 is 5.32 Å². The van der Waals surface area contributed by atoms with Crippen LogP contribution in [0.25, 0.3) is 11.0 Å². The van der Waals surface area contributed by atoms with Crippen LogP contribution in [0, 0.1) is 0 Å². The number of benzene rings is 2. The SMILES string of the molecule is CCc1nc2ccc(C(=O)NC(c3ccc(Cl)cc3)c3nccn3C)cc2nc1CC. The number of hydrogen-bond acceptors (Lipinski definition) is 4. The number of halogens is 1. The van der Waals surface area contributed by atoms with Crippen LogP contribution in [0.15, 0.2) is 54.9 Å². The highest BCUT2D eigenvalue weighted by Gasteiger charge is 2.22. The van der Waals surface area contributed by atoms with Gasteiger partial charge in [0.25, 0.3) is 5.91 Å². The van der Waals surface area contributed by atoms with E-state index < -0.39 is 6.04 Å². The Morgan fingerprint density at radius 2 is 1.71 bits per heavy atom. The Bertz CT molecular complexity index is 1230. The van der Waals surface area contributed by atoms with E-state index in [0.717, 1.165) is 46.7 Å². The standard InChI is InChI=1S/C24H24ClN5O/c1-4-18-19(5-2)28-21-14-16(8-11-20(21)27-18)24(31)29-22(23-26-12-13-30(23)3)15-6-9-17(25)10-7-15/h6-14,22H,4-5H2,1-3H3,(H,29,31). The van der Waals surface area contributed by atoms with E-state index in [4.69, 9.17) is 21.6 Å². The van der Waals surface area contributed by atoms with Crippen molar-refractivity contribution in [1.82, 2.24) is 24.8 Å². The lowest BCUT2D eigenvalue weighted by Gasteiger charge is -2.19. The molecule has 0 saturated carbocycles. The molecule has 4 rings (SSSR count). The van der Waals surface area contributed by atoms with Gasteiger partial charge in [0, 0.05) is 30.0 Å². The third kappa shape index (κ3) is 4.30. The number of nitrogens with one attached hydrogen (secondary N) is 1. The molecule has 7 heteroatoms. The fraction of sp³-hybridized carbons (Fsp3) is 0.250. The lowest BCUT2D eigenvalue weighted by molar-refractivity contribution is 0.0941. The maximum absolute atomic E-state index is 13.2. The molecule has 0 saturated heterocycles. The zero-order chi connectivity index (χ0) is 22.0. The molecule has 1 N–H and O–H groups in total. The predicted octanol–water partition coefficient (Wildman–Crippen LogP) is 4.66. The summed E-state index contributed by atoms with van der Waals surface area (Å²) in [6, 6.07) is 12.4. The quantitative estimate of drug-likeness (QED) is 0.480. The molecule has 0 spiro atoms. The van der Waals surface area contributed by atoms with E-state index in [-0.39, 0.29) is 5.91 Å². The van der Waals surface area contributed by atoms with E-state index in [9.17, 15) is 4.79 Å². The molecule has 0 aliphatic rings. The molecule has 2 aromatic heterocycles. The van der Waals surface area contributed by atoms with Crippen molar-refractivity contribution >= 4 is 28.5 Å². The molecule has 0 fully saturated rings. The Kier molecular flexibility index (Phi) is 6.00. The summed E-state index contributed by atoms with van der Waals surface area (Å²) in [7, 11) is 1.90. The van der Waals surface area contributed by atoms with Gasteiger partial charge in [0.1, 0.15) is 11.9 Å². The molecule has 158 valence electrons. The van der Waals surface area contributed by atoms with Crippen molar-refractivity contribution in [2.75, 3.05) is 0 Å². The third-order valence-electron chi connectivity index (χ3n) is 5.35. The maximum atomic E-state index is 13.2. The molecule has 2 aromatic carbocycles. The van der Waals surface area contributed by atoms with E-state index in [1.54, 1.807) is 18.3 Å². The number of imidazole rings is 1. The molecule has 0 radical (unpaired) electrons. The number of fused-ring (bicyclic) bond motifs is 1. The number of hydrogen-bond donors (Lipinski definition) is 1. The Labute approximate surface area is 186 Å². The number of nitrogens with zero attached hydrogens (tertiary/aromatic N) is 4. The second-order valence-electron chi connectivity index (χ2n) is 7.38. The largest absolute Gasteiger partial charge is 0.338 e. The lowest BCUT2D eigenvalue weighted by atomic mass is 10.0. The summed E-state index contributed by atoms with van der Waals surface area (Å²) in [4.78, 5) is 27.1. The van der Waals surface area contributed by atoms with E-state index in [1.165, 1.54) is 0 Å². The second kappa shape index (κ2) is 8.86. The Hall–Kier alpha value is -3.25. The summed E-state index contributed by atoms with van der Waals surface area (Å²) in [6.07, 6.45) is 5.21. The van der Waals surface area contributed by atoms with E-state index in [2.05, 4.69) is 24.1 Å². The van der Waals surface area contributed by atoms with Crippen LogP contribution in [0.1, 0.15) is 53.0 Å². The average molecular weight is 434 g/mol. The summed E-state index contributed by atoms with van der Waals surface area (Å²) < 4.78 is 1.89. The summed E-state index contributed by atoms with van der Waals surface area (Å²) in [5, 5.41) is 3.75. The fourth-order valence-corrected chi connectivity index (χ4v) is 3.78. The van der Waals surface area contributed by atoms with E-state index in [1.807, 2.05) is 48.1 Å². The Balaban J connectivity index is 1.69. The highest BCUT2D eigenvalue weighted by atomic mass is 35.5. The minimum absolute atomic E-state index is 0.204. The van der Waals surface area contributed by atoms with Gasteiger partial charge in [-0.2, -0.15) is 0 Å². The summed E-state index contributed by atoms with van der Waals surface area (Å²) in [6.45, 7) is 4.14. The van der Waals surface area contributed by atoms with E-state index >= 15 is 0 Å². The monoisotopic (exact) mass is 433 g/mol. The van der Waals surface area contributed by atoms with Crippen molar-refractivity contribution in [1.29, 1.82) is 0 Å². The molecule has 0 aliphatic carbocycles. The van der Waals surface area contributed by atoms with Crippen LogP contribution in [-0.2, 0) is 19.9 Å². The smallest absolute Gasteiger partial charge is 0.252 e. The molecule has 2 heterocycles. The van der Waals surface area contributed by atoms with Gasteiger partial charge in [-0.25, -0.2) is 15.0 Å². The molecular weight excluding hydrogens is 410 g/mol. The van der Waals surface area contributed by atoms with Gasteiger partial charge in [-0.1, -0.05) is 37.6 Å². The number of carbonyl (C=O) groups is 1. The molecule has 0 aliphatic heterocycles. The maximum Gasteiger partial charge on any atom is 0.252 e. The van der Waals surface area contributed by atoms with Gasteiger partial charge in [0.15, 0.2) is 0 Å². The number of aromatic nitrogens is 4. The number of carbonyl (C=O) groups excluding carboxylic acids is 1. The lowest BCUT2D eigenvalue weighted by Crippen LogP contribution is -2.31. The Morgan fingerprint density at radius 3 is 2.32 bits per heavy atom. The van der Waals surface area contributed by atoms with E-state index in [0.29, 0.717) is 10.6 Å². The van der Waals surface area contributed by atoms with Crippen molar-refractivity contribution < 1.29 is 4.79 Å². The molecule has 6 nitrogen and oxygen atoms in total. The summed E-state index contributed by atoms with van der Waals surface area (Å²) in [5.74, 6) is 0.529. The molecule has 1 amide bonds. The second-order valence-corrected chi connectivity index (χ2v) is 7.82. The normalized spacial score (nSPS) is 12.1. The fourth-order valence-electron chi connectivity index (χ4n) is 3.66. The zero-order valence-electron chi connectivity index (χ0n) is 17.8. The first kappa shape index (κ1) is 21.0. The molecule has 31 heavy (non-hydrogen) atoms. The predicted molar refractivity (Wildman–Crippen MR) is 122 cm³/mol. The van der Waals surface area contributed by atoms with Gasteiger partial charge in [-0.15, -0.1) is 0 Å². The molecule has 1 unspecified atom stereocenters.